The van der Waals surface area contributed by atoms with Crippen LogP contribution in [0.4, 0.5) is 10.7 Å². The summed E-state index contributed by atoms with van der Waals surface area (Å²) in [4.78, 5) is 28.3. The van der Waals surface area contributed by atoms with Gasteiger partial charge in [-0.2, -0.15) is 0 Å². The fourth-order valence-corrected chi connectivity index (χ4v) is 2.27. The van der Waals surface area contributed by atoms with E-state index < -0.39 is 16.1 Å². The molecule has 0 aliphatic heterocycles. The molecule has 1 unspecified atom stereocenters. The van der Waals surface area contributed by atoms with E-state index >= 15 is 0 Å². The number of hydrogen-bond donors (Lipinski definition) is 2. The van der Waals surface area contributed by atoms with Crippen molar-refractivity contribution in [2.24, 2.45) is 4.99 Å². The van der Waals surface area contributed by atoms with Crippen molar-refractivity contribution in [2.45, 2.75) is 6.23 Å². The van der Waals surface area contributed by atoms with E-state index in [1.807, 2.05) is 0 Å². The number of nitrogens with zero attached hydrogens (tertiary/aromatic N) is 4. The second-order valence-corrected chi connectivity index (χ2v) is 5.30. The molecule has 0 aromatic carbocycles. The highest BCUT2D eigenvalue weighted by molar-refractivity contribution is 7.16. The normalized spacial score (nSPS) is 12.4. The van der Waals surface area contributed by atoms with E-state index in [0.717, 1.165) is 17.5 Å². The van der Waals surface area contributed by atoms with Crippen molar-refractivity contribution in [1.82, 2.24) is 10.3 Å². The lowest BCUT2D eigenvalue weighted by molar-refractivity contribution is -0.385. The summed E-state index contributed by atoms with van der Waals surface area (Å²) < 4.78 is 0. The van der Waals surface area contributed by atoms with Gasteiger partial charge in [-0.05, 0) is 12.1 Å². The van der Waals surface area contributed by atoms with Crippen molar-refractivity contribution in [3.63, 3.8) is 0 Å². The van der Waals surface area contributed by atoms with Crippen LogP contribution in [0.15, 0.2) is 35.5 Å². The molecule has 10 nitrogen and oxygen atoms in total. The number of pyridine rings is 1. The predicted molar refractivity (Wildman–Crippen MR) is 82.4 cm³/mol. The zero-order valence-corrected chi connectivity index (χ0v) is 12.3. The first kappa shape index (κ1) is 16.6. The number of nitrogens with one attached hydrogen (secondary N) is 1. The van der Waals surface area contributed by atoms with Crippen LogP contribution in [0.2, 0.25) is 0 Å². The molecule has 11 heteroatoms. The summed E-state index contributed by atoms with van der Waals surface area (Å²) in [6.45, 7) is 0.0472. The Hall–Kier alpha value is -2.76. The minimum absolute atomic E-state index is 0.0227. The van der Waals surface area contributed by atoms with Crippen molar-refractivity contribution >= 4 is 28.2 Å². The third-order valence-electron chi connectivity index (χ3n) is 2.65. The summed E-state index contributed by atoms with van der Waals surface area (Å²) in [6, 6.07) is 5.53. The molecule has 0 saturated heterocycles. The highest BCUT2D eigenvalue weighted by Crippen LogP contribution is 2.22. The van der Waals surface area contributed by atoms with Gasteiger partial charge in [0.05, 0.1) is 27.1 Å². The maximum atomic E-state index is 10.5. The number of thiophene rings is 1. The standard InChI is InChI=1S/C12H11N5O5S/c18-12(10-3-1-8(5-14-10)16(19)20)15-7-13-6-9-2-4-11(23-9)17(21)22/h1-6,12,15,18H,7H2. The summed E-state index contributed by atoms with van der Waals surface area (Å²) in [5, 5.41) is 33.5. The molecular formula is C12H11N5O5S. The Morgan fingerprint density at radius 3 is 2.65 bits per heavy atom. The lowest BCUT2D eigenvalue weighted by atomic mass is 10.3. The van der Waals surface area contributed by atoms with E-state index in [9.17, 15) is 25.3 Å². The van der Waals surface area contributed by atoms with Crippen molar-refractivity contribution in [2.75, 3.05) is 6.67 Å². The quantitative estimate of drug-likeness (QED) is 0.338. The van der Waals surface area contributed by atoms with Gasteiger partial charge in [0.25, 0.3) is 5.69 Å². The minimum Gasteiger partial charge on any atom is -0.373 e. The zero-order chi connectivity index (χ0) is 16.8. The van der Waals surface area contributed by atoms with Crippen LogP contribution in [0.3, 0.4) is 0 Å². The van der Waals surface area contributed by atoms with Crippen LogP contribution in [-0.2, 0) is 0 Å². The van der Waals surface area contributed by atoms with Crippen molar-refractivity contribution < 1.29 is 15.0 Å². The van der Waals surface area contributed by atoms with E-state index in [1.165, 1.54) is 24.4 Å². The molecule has 0 aliphatic carbocycles. The maximum Gasteiger partial charge on any atom is 0.324 e. The third-order valence-corrected chi connectivity index (χ3v) is 3.62. The average molecular weight is 337 g/mol. The second kappa shape index (κ2) is 7.49. The van der Waals surface area contributed by atoms with Crippen LogP contribution in [0.25, 0.3) is 0 Å². The number of hydrogen-bond acceptors (Lipinski definition) is 9. The topological polar surface area (TPSA) is 144 Å². The highest BCUT2D eigenvalue weighted by Gasteiger charge is 2.11. The number of aliphatic imine (C=N–C) groups is 1. The number of nitro groups is 2. The molecule has 2 aromatic rings. The van der Waals surface area contributed by atoms with Gasteiger partial charge in [-0.25, -0.2) is 4.98 Å². The molecule has 1 atom stereocenters. The predicted octanol–water partition coefficient (Wildman–Crippen LogP) is 1.62. The average Bonchev–Trinajstić information content (AvgIpc) is 3.00. The molecule has 0 spiro atoms. The summed E-state index contributed by atoms with van der Waals surface area (Å²) in [6.07, 6.45) is 1.36. The SMILES string of the molecule is O=[N+]([O-])c1ccc(C(O)NCN=Cc2ccc([N+](=O)[O-])s2)nc1. The van der Waals surface area contributed by atoms with Gasteiger partial charge in [0, 0.05) is 18.3 Å². The summed E-state index contributed by atoms with van der Waals surface area (Å²) >= 11 is 0.986. The Labute approximate surface area is 133 Å². The largest absolute Gasteiger partial charge is 0.373 e. The highest BCUT2D eigenvalue weighted by atomic mass is 32.1. The maximum absolute atomic E-state index is 10.5. The van der Waals surface area contributed by atoms with Gasteiger partial charge >= 0.3 is 5.00 Å². The first-order valence-corrected chi connectivity index (χ1v) is 7.05. The first-order valence-electron chi connectivity index (χ1n) is 6.23. The van der Waals surface area contributed by atoms with Crippen LogP contribution < -0.4 is 5.32 Å². The molecule has 2 heterocycles. The Morgan fingerprint density at radius 2 is 2.09 bits per heavy atom. The molecule has 23 heavy (non-hydrogen) atoms. The lowest BCUT2D eigenvalue weighted by Gasteiger charge is -2.09. The molecule has 0 fully saturated rings. The molecule has 0 radical (unpaired) electrons. The van der Waals surface area contributed by atoms with Gasteiger partial charge in [0.1, 0.15) is 12.4 Å². The van der Waals surface area contributed by atoms with Gasteiger partial charge < -0.3 is 5.11 Å². The Balaban J connectivity index is 1.86. The monoisotopic (exact) mass is 337 g/mol. The van der Waals surface area contributed by atoms with Gasteiger partial charge in [0.15, 0.2) is 0 Å². The molecule has 0 saturated carbocycles. The molecule has 0 amide bonds. The third kappa shape index (κ3) is 4.60. The molecule has 2 aromatic heterocycles. The van der Waals surface area contributed by atoms with Gasteiger partial charge in [-0.15, -0.1) is 0 Å². The van der Waals surface area contributed by atoms with Crippen LogP contribution >= 0.6 is 11.3 Å². The van der Waals surface area contributed by atoms with E-state index in [2.05, 4.69) is 15.3 Å². The van der Waals surface area contributed by atoms with Crippen LogP contribution in [-0.4, -0.2) is 32.8 Å². The van der Waals surface area contributed by atoms with E-state index in [-0.39, 0.29) is 23.1 Å². The minimum atomic E-state index is -1.13. The fourth-order valence-electron chi connectivity index (χ4n) is 1.56. The van der Waals surface area contributed by atoms with Crippen molar-refractivity contribution in [3.8, 4) is 0 Å². The zero-order valence-electron chi connectivity index (χ0n) is 11.5. The smallest absolute Gasteiger partial charge is 0.324 e. The van der Waals surface area contributed by atoms with Crippen molar-refractivity contribution in [3.05, 3.63) is 61.3 Å². The fraction of sp³-hybridized carbons (Fsp3) is 0.167. The van der Waals surface area contributed by atoms with E-state index in [0.29, 0.717) is 4.88 Å². The number of rotatable bonds is 7. The number of aliphatic hydroxyl groups excluding tert-OH is 1. The van der Waals surface area contributed by atoms with Gasteiger partial charge in [-0.1, -0.05) is 11.3 Å². The number of aliphatic hydroxyl groups is 1. The molecule has 2 N–H and O–H groups in total. The van der Waals surface area contributed by atoms with Crippen LogP contribution in [0.1, 0.15) is 16.8 Å². The van der Waals surface area contributed by atoms with Crippen LogP contribution in [0, 0.1) is 20.2 Å². The first-order chi connectivity index (χ1) is 11.0. The number of aromatic nitrogens is 1. The second-order valence-electron chi connectivity index (χ2n) is 4.21. The van der Waals surface area contributed by atoms with Crippen molar-refractivity contribution in [1.29, 1.82) is 0 Å². The molecular weight excluding hydrogens is 326 g/mol. The summed E-state index contributed by atoms with van der Waals surface area (Å²) in [5.74, 6) is 0. The van der Waals surface area contributed by atoms with E-state index in [1.54, 1.807) is 6.07 Å². The van der Waals surface area contributed by atoms with Gasteiger partial charge in [0.2, 0.25) is 0 Å². The lowest BCUT2D eigenvalue weighted by Crippen LogP contribution is -2.21. The summed E-state index contributed by atoms with van der Waals surface area (Å²) in [7, 11) is 0. The van der Waals surface area contributed by atoms with E-state index in [4.69, 9.17) is 0 Å². The molecule has 2 rings (SSSR count). The Morgan fingerprint density at radius 1 is 1.30 bits per heavy atom. The Kier molecular flexibility index (Phi) is 5.41. The van der Waals surface area contributed by atoms with Gasteiger partial charge in [-0.3, -0.25) is 30.5 Å². The summed E-state index contributed by atoms with van der Waals surface area (Å²) in [5.41, 5.74) is 0.0517. The molecule has 0 bridgehead atoms. The molecule has 0 aliphatic rings. The molecule has 120 valence electrons. The van der Waals surface area contributed by atoms with Crippen LogP contribution in [0.5, 0.6) is 0 Å². The Bertz CT molecular complexity index is 730.